The molecule has 0 saturated carbocycles. The predicted octanol–water partition coefficient (Wildman–Crippen LogP) is 1.74. The van der Waals surface area contributed by atoms with Gasteiger partial charge in [-0.05, 0) is 12.5 Å². The fourth-order valence-electron chi connectivity index (χ4n) is 0. The van der Waals surface area contributed by atoms with E-state index in [9.17, 15) is 0 Å². The lowest BCUT2D eigenvalue weighted by Gasteiger charge is -1.50. The van der Waals surface area contributed by atoms with Gasteiger partial charge in [0.2, 0.25) is 0 Å². The molecule has 0 aliphatic carbocycles. The molecule has 0 aromatic carbocycles. The summed E-state index contributed by atoms with van der Waals surface area (Å²) in [6, 6.07) is 0. The molecule has 0 rings (SSSR count). The summed E-state index contributed by atoms with van der Waals surface area (Å²) in [6.45, 7) is 0. The summed E-state index contributed by atoms with van der Waals surface area (Å²) in [5.41, 5.74) is 0. The molecule has 0 radical (unpaired) electrons. The van der Waals surface area contributed by atoms with E-state index in [0.717, 1.165) is 0 Å². The van der Waals surface area contributed by atoms with Crippen LogP contribution in [-0.4, -0.2) is 12.5 Å². The highest BCUT2D eigenvalue weighted by molar-refractivity contribution is 8.68. The molecule has 0 aromatic rings. The van der Waals surface area contributed by atoms with Crippen LogP contribution in [0, 0.1) is 0 Å². The predicted molar refractivity (Wildman–Crippen MR) is 37.4 cm³/mol. The van der Waals surface area contributed by atoms with Gasteiger partial charge >= 0.3 is 0 Å². The number of hydrogen-bond acceptors (Lipinski definition) is 3. The lowest BCUT2D eigenvalue weighted by atomic mass is 12.0. The second kappa shape index (κ2) is 19.7. The quantitative estimate of drug-likeness (QED) is 0.370. The van der Waals surface area contributed by atoms with E-state index in [0.29, 0.717) is 0 Å². The van der Waals surface area contributed by atoms with E-state index in [1.807, 2.05) is 6.26 Å². The molecule has 0 unspecified atom stereocenters. The van der Waals surface area contributed by atoms with Crippen LogP contribution in [0.3, 0.4) is 0 Å². The molecule has 0 heterocycles. The fourth-order valence-corrected chi connectivity index (χ4v) is 0. The standard InChI is InChI=1S/CH4S2.CH4S/c1-3-2;1-2/h2H,1H3;2H,1H3. The molecule has 0 aromatic heterocycles. The van der Waals surface area contributed by atoms with E-state index in [-0.39, 0.29) is 0 Å². The molecule has 5 heavy (non-hydrogen) atoms. The first-order valence-corrected chi connectivity index (χ1v) is 4.21. The summed E-state index contributed by atoms with van der Waals surface area (Å²) in [7, 11) is 1.44. The highest BCUT2D eigenvalue weighted by Gasteiger charge is 1.34. The highest BCUT2D eigenvalue weighted by atomic mass is 33.1. The lowest BCUT2D eigenvalue weighted by molar-refractivity contribution is 2.55. The van der Waals surface area contributed by atoms with Gasteiger partial charge in [0.05, 0.1) is 0 Å². The van der Waals surface area contributed by atoms with Crippen molar-refractivity contribution in [2.45, 2.75) is 0 Å². The van der Waals surface area contributed by atoms with Crippen molar-refractivity contribution in [1.82, 2.24) is 0 Å². The zero-order chi connectivity index (χ0) is 4.71. The van der Waals surface area contributed by atoms with E-state index in [2.05, 4.69) is 24.3 Å². The molecule has 0 spiro atoms. The van der Waals surface area contributed by atoms with Crippen LogP contribution in [0.25, 0.3) is 0 Å². The van der Waals surface area contributed by atoms with Gasteiger partial charge in [0.1, 0.15) is 0 Å². The SMILES string of the molecule is CS.CSS. The van der Waals surface area contributed by atoms with Gasteiger partial charge in [0.25, 0.3) is 0 Å². The molecule has 3 heteroatoms. The van der Waals surface area contributed by atoms with E-state index >= 15 is 0 Å². The Hall–Kier alpha value is 1.05. The summed E-state index contributed by atoms with van der Waals surface area (Å²) in [4.78, 5) is 0. The van der Waals surface area contributed by atoms with Crippen LogP contribution in [0.4, 0.5) is 0 Å². The first-order chi connectivity index (χ1) is 2.41. The van der Waals surface area contributed by atoms with Crippen LogP contribution >= 0.6 is 35.1 Å². The van der Waals surface area contributed by atoms with E-state index in [1.165, 1.54) is 10.8 Å². The maximum absolute atomic E-state index is 3.71. The molecular weight excluding hydrogens is 120 g/mol. The normalized spacial score (nSPS) is 4.80. The van der Waals surface area contributed by atoms with Crippen molar-refractivity contribution in [2.75, 3.05) is 12.5 Å². The second-order valence-corrected chi connectivity index (χ2v) is 1.64. The topological polar surface area (TPSA) is 0 Å². The van der Waals surface area contributed by atoms with Crippen molar-refractivity contribution in [1.29, 1.82) is 0 Å². The Morgan fingerprint density at radius 3 is 1.40 bits per heavy atom. The Morgan fingerprint density at radius 1 is 1.40 bits per heavy atom. The second-order valence-electron chi connectivity index (χ2n) is 0.183. The molecule has 0 aliphatic rings. The van der Waals surface area contributed by atoms with Crippen LogP contribution in [0.5, 0.6) is 0 Å². The van der Waals surface area contributed by atoms with E-state index < -0.39 is 0 Å². The smallest absolute Gasteiger partial charge is 0.00816 e. The average Bonchev–Trinajstić information content (AvgIpc) is 1.46. The molecule has 34 valence electrons. The fraction of sp³-hybridized carbons (Fsp3) is 1.00. The van der Waals surface area contributed by atoms with Gasteiger partial charge < -0.3 is 0 Å². The van der Waals surface area contributed by atoms with Crippen LogP contribution in [0.2, 0.25) is 0 Å². The van der Waals surface area contributed by atoms with Crippen LogP contribution in [-0.2, 0) is 0 Å². The van der Waals surface area contributed by atoms with E-state index in [4.69, 9.17) is 0 Å². The van der Waals surface area contributed by atoms with Crippen molar-refractivity contribution >= 4 is 35.1 Å². The number of rotatable bonds is 0. The van der Waals surface area contributed by atoms with Crippen LogP contribution < -0.4 is 0 Å². The summed E-state index contributed by atoms with van der Waals surface area (Å²) < 4.78 is 0. The van der Waals surface area contributed by atoms with Crippen molar-refractivity contribution in [3.05, 3.63) is 0 Å². The Balaban J connectivity index is 0. The first-order valence-electron chi connectivity index (χ1n) is 1.04. The van der Waals surface area contributed by atoms with Crippen LogP contribution in [0.1, 0.15) is 0 Å². The molecular formula is C2H8S3. The Morgan fingerprint density at radius 2 is 1.40 bits per heavy atom. The summed E-state index contributed by atoms with van der Waals surface area (Å²) >= 11 is 7.23. The van der Waals surface area contributed by atoms with Gasteiger partial charge in [-0.25, -0.2) is 0 Å². The molecule has 0 amide bonds. The first kappa shape index (κ1) is 9.41. The lowest BCUT2D eigenvalue weighted by Crippen LogP contribution is -1.08. The van der Waals surface area contributed by atoms with Gasteiger partial charge in [-0.1, -0.05) is 0 Å². The summed E-state index contributed by atoms with van der Waals surface area (Å²) in [6.07, 6.45) is 3.60. The largest absolute Gasteiger partial charge is 0.183 e. The third-order valence-corrected chi connectivity index (χ3v) is 0. The molecule has 0 bridgehead atoms. The molecule has 0 atom stereocenters. The van der Waals surface area contributed by atoms with Crippen molar-refractivity contribution < 1.29 is 0 Å². The molecule has 0 fully saturated rings. The maximum Gasteiger partial charge on any atom is -0.00816 e. The van der Waals surface area contributed by atoms with Gasteiger partial charge in [-0.3, -0.25) is 0 Å². The monoisotopic (exact) mass is 128 g/mol. The zero-order valence-corrected chi connectivity index (χ0v) is 5.91. The Kier molecular flexibility index (Phi) is 37.1. The summed E-state index contributed by atoms with van der Waals surface area (Å²) in [5, 5.41) is 0. The van der Waals surface area contributed by atoms with Crippen molar-refractivity contribution in [3.63, 3.8) is 0 Å². The van der Waals surface area contributed by atoms with E-state index in [1.54, 1.807) is 6.26 Å². The zero-order valence-electron chi connectivity index (χ0n) is 3.30. The van der Waals surface area contributed by atoms with Gasteiger partial charge in [-0.2, -0.15) is 12.6 Å². The average molecular weight is 128 g/mol. The highest BCUT2D eigenvalue weighted by Crippen LogP contribution is 1.91. The third kappa shape index (κ3) is 42.6. The minimum atomic E-state index is 1.44. The van der Waals surface area contributed by atoms with Gasteiger partial charge in [-0.15, -0.1) is 22.5 Å². The third-order valence-electron chi connectivity index (χ3n) is 0. The summed E-state index contributed by atoms with van der Waals surface area (Å²) in [5.74, 6) is 0. The Bertz CT molecular complexity index is 4.85. The Labute approximate surface area is 47.9 Å². The molecule has 0 nitrogen and oxygen atoms in total. The molecule has 0 N–H and O–H groups in total. The maximum atomic E-state index is 3.71. The minimum absolute atomic E-state index is 1.44. The minimum Gasteiger partial charge on any atom is -0.183 e. The van der Waals surface area contributed by atoms with Crippen molar-refractivity contribution in [2.24, 2.45) is 0 Å². The number of thiol groups is 2. The van der Waals surface area contributed by atoms with Crippen LogP contribution in [0.15, 0.2) is 0 Å². The van der Waals surface area contributed by atoms with Crippen molar-refractivity contribution in [3.8, 4) is 0 Å². The van der Waals surface area contributed by atoms with Gasteiger partial charge in [0, 0.05) is 0 Å². The van der Waals surface area contributed by atoms with Gasteiger partial charge in [0.15, 0.2) is 0 Å². The number of hydrogen-bond donors (Lipinski definition) is 2. The molecule has 0 saturated heterocycles. The molecule has 0 aliphatic heterocycles.